The predicted octanol–water partition coefficient (Wildman–Crippen LogP) is 5.38. The van der Waals surface area contributed by atoms with E-state index < -0.39 is 0 Å². The van der Waals surface area contributed by atoms with Gasteiger partial charge in [0.15, 0.2) is 0 Å². The van der Waals surface area contributed by atoms with Crippen molar-refractivity contribution in [2.45, 2.75) is 51.2 Å². The van der Waals surface area contributed by atoms with Gasteiger partial charge in [-0.25, -0.2) is 0 Å². The molecule has 1 rings (SSSR count). The summed E-state index contributed by atoms with van der Waals surface area (Å²) in [5.41, 5.74) is 2.58. The number of benzene rings is 1. The minimum atomic E-state index is 0.233. The lowest BCUT2D eigenvalue weighted by atomic mass is 10.1. The Labute approximate surface area is 136 Å². The normalized spacial score (nSPS) is 12.4. The molecular weight excluding hydrogens is 282 g/mol. The Bertz CT molecular complexity index is 351. The molecule has 114 valence electrons. The maximum absolute atomic E-state index is 4.53. The van der Waals surface area contributed by atoms with Crippen molar-refractivity contribution in [2.24, 2.45) is 0 Å². The van der Waals surface area contributed by atoms with Crippen molar-refractivity contribution >= 4 is 30.9 Å². The quantitative estimate of drug-likeness (QED) is 0.433. The number of rotatable bonds is 10. The summed E-state index contributed by atoms with van der Waals surface area (Å²) in [5, 5.41) is 0.233. The predicted molar refractivity (Wildman–Crippen MR) is 98.7 cm³/mol. The third-order valence-electron chi connectivity index (χ3n) is 3.73. The van der Waals surface area contributed by atoms with Gasteiger partial charge in [-0.1, -0.05) is 44.7 Å². The lowest BCUT2D eigenvalue weighted by Crippen LogP contribution is -2.23. The van der Waals surface area contributed by atoms with Crippen LogP contribution in [0.4, 0.5) is 5.69 Å². The zero-order valence-electron chi connectivity index (χ0n) is 12.9. The molecule has 0 aliphatic carbocycles. The molecule has 0 amide bonds. The monoisotopic (exact) mass is 311 g/mol. The van der Waals surface area contributed by atoms with Gasteiger partial charge in [0.25, 0.3) is 0 Å². The van der Waals surface area contributed by atoms with Crippen molar-refractivity contribution < 1.29 is 0 Å². The largest absolute Gasteiger partial charge is 0.372 e. The SMILES string of the molecule is CCCCCCCN(CC)c1ccc(C(S)CS)cc1. The minimum absolute atomic E-state index is 0.233. The lowest BCUT2D eigenvalue weighted by Gasteiger charge is -2.23. The van der Waals surface area contributed by atoms with Crippen LogP contribution in [0.1, 0.15) is 56.8 Å². The zero-order chi connectivity index (χ0) is 14.8. The van der Waals surface area contributed by atoms with Crippen LogP contribution in [-0.2, 0) is 0 Å². The topological polar surface area (TPSA) is 3.24 Å². The molecule has 3 heteroatoms. The van der Waals surface area contributed by atoms with E-state index in [0.29, 0.717) is 0 Å². The molecule has 0 heterocycles. The molecule has 1 aromatic rings. The van der Waals surface area contributed by atoms with E-state index in [4.69, 9.17) is 0 Å². The molecule has 1 unspecified atom stereocenters. The summed E-state index contributed by atoms with van der Waals surface area (Å²) >= 11 is 8.83. The van der Waals surface area contributed by atoms with E-state index in [1.807, 2.05) is 0 Å². The number of hydrogen-bond acceptors (Lipinski definition) is 3. The molecule has 0 bridgehead atoms. The van der Waals surface area contributed by atoms with Crippen LogP contribution < -0.4 is 4.90 Å². The number of unbranched alkanes of at least 4 members (excludes halogenated alkanes) is 4. The Kier molecular flexibility index (Phi) is 9.28. The molecule has 0 aliphatic heterocycles. The minimum Gasteiger partial charge on any atom is -0.372 e. The molecule has 1 aromatic carbocycles. The van der Waals surface area contributed by atoms with Crippen LogP contribution in [0.3, 0.4) is 0 Å². The molecule has 1 nitrogen and oxygen atoms in total. The summed E-state index contributed by atoms with van der Waals surface area (Å²) < 4.78 is 0. The van der Waals surface area contributed by atoms with E-state index in [9.17, 15) is 0 Å². The van der Waals surface area contributed by atoms with E-state index in [0.717, 1.165) is 18.8 Å². The van der Waals surface area contributed by atoms with Crippen LogP contribution in [0.15, 0.2) is 24.3 Å². The Morgan fingerprint density at radius 2 is 1.65 bits per heavy atom. The maximum Gasteiger partial charge on any atom is 0.0366 e. The second kappa shape index (κ2) is 10.4. The van der Waals surface area contributed by atoms with E-state index in [2.05, 4.69) is 68.3 Å². The standard InChI is InChI=1S/C17H29NS2/c1-3-5-6-7-8-13-18(4-2)16-11-9-15(10-12-16)17(20)14-19/h9-12,17,19-20H,3-8,13-14H2,1-2H3. The third-order valence-corrected chi connectivity index (χ3v) is 4.86. The summed E-state index contributed by atoms with van der Waals surface area (Å²) in [5.74, 6) is 0.775. The lowest BCUT2D eigenvalue weighted by molar-refractivity contribution is 0.621. The molecule has 0 aromatic heterocycles. The Balaban J connectivity index is 2.48. The van der Waals surface area contributed by atoms with Gasteiger partial charge in [-0.3, -0.25) is 0 Å². The van der Waals surface area contributed by atoms with Crippen molar-refractivity contribution in [1.29, 1.82) is 0 Å². The van der Waals surface area contributed by atoms with Gasteiger partial charge in [0.1, 0.15) is 0 Å². The molecule has 0 radical (unpaired) electrons. The second-order valence-corrected chi connectivity index (χ2v) is 6.27. The fourth-order valence-electron chi connectivity index (χ4n) is 2.39. The van der Waals surface area contributed by atoms with Gasteiger partial charge in [0.05, 0.1) is 0 Å². The smallest absolute Gasteiger partial charge is 0.0366 e. The van der Waals surface area contributed by atoms with Gasteiger partial charge in [-0.2, -0.15) is 25.3 Å². The number of thiol groups is 2. The molecule has 0 aliphatic rings. The fourth-order valence-corrected chi connectivity index (χ4v) is 2.77. The second-order valence-electron chi connectivity index (χ2n) is 5.28. The van der Waals surface area contributed by atoms with Gasteiger partial charge < -0.3 is 4.90 Å². The molecule has 0 saturated carbocycles. The average molecular weight is 312 g/mol. The van der Waals surface area contributed by atoms with Crippen molar-refractivity contribution in [2.75, 3.05) is 23.7 Å². The molecule has 20 heavy (non-hydrogen) atoms. The highest BCUT2D eigenvalue weighted by Gasteiger charge is 2.07. The number of anilines is 1. The highest BCUT2D eigenvalue weighted by Crippen LogP contribution is 2.24. The molecule has 0 saturated heterocycles. The fraction of sp³-hybridized carbons (Fsp3) is 0.647. The van der Waals surface area contributed by atoms with Gasteiger partial charge in [-0.15, -0.1) is 0 Å². The maximum atomic E-state index is 4.53. The van der Waals surface area contributed by atoms with E-state index >= 15 is 0 Å². The molecular formula is C17H29NS2. The molecule has 0 N–H and O–H groups in total. The average Bonchev–Trinajstić information content (AvgIpc) is 2.50. The van der Waals surface area contributed by atoms with Gasteiger partial charge >= 0.3 is 0 Å². The first-order valence-corrected chi connectivity index (χ1v) is 9.01. The van der Waals surface area contributed by atoms with Crippen LogP contribution in [0.5, 0.6) is 0 Å². The van der Waals surface area contributed by atoms with Crippen molar-refractivity contribution in [3.8, 4) is 0 Å². The van der Waals surface area contributed by atoms with Crippen LogP contribution in [0.2, 0.25) is 0 Å². The van der Waals surface area contributed by atoms with E-state index in [-0.39, 0.29) is 5.25 Å². The highest BCUT2D eigenvalue weighted by molar-refractivity contribution is 7.84. The highest BCUT2D eigenvalue weighted by atomic mass is 32.1. The Hall–Kier alpha value is -0.280. The van der Waals surface area contributed by atoms with Gasteiger partial charge in [-0.05, 0) is 31.0 Å². The number of hydrogen-bond donors (Lipinski definition) is 2. The first-order chi connectivity index (χ1) is 9.72. The summed E-state index contributed by atoms with van der Waals surface area (Å²) in [7, 11) is 0. The third kappa shape index (κ3) is 6.01. The van der Waals surface area contributed by atoms with Crippen molar-refractivity contribution in [3.05, 3.63) is 29.8 Å². The van der Waals surface area contributed by atoms with Crippen molar-refractivity contribution in [1.82, 2.24) is 0 Å². The van der Waals surface area contributed by atoms with E-state index in [1.165, 1.54) is 43.4 Å². The van der Waals surface area contributed by atoms with Crippen LogP contribution in [0, 0.1) is 0 Å². The zero-order valence-corrected chi connectivity index (χ0v) is 14.7. The summed E-state index contributed by atoms with van der Waals surface area (Å²) in [6.07, 6.45) is 6.70. The summed E-state index contributed by atoms with van der Waals surface area (Å²) in [6.45, 7) is 6.73. The first kappa shape index (κ1) is 17.8. The van der Waals surface area contributed by atoms with E-state index in [1.54, 1.807) is 0 Å². The van der Waals surface area contributed by atoms with Crippen LogP contribution >= 0.6 is 25.3 Å². The summed E-state index contributed by atoms with van der Waals surface area (Å²) in [6, 6.07) is 8.81. The Morgan fingerprint density at radius 1 is 1.00 bits per heavy atom. The van der Waals surface area contributed by atoms with Gasteiger partial charge in [0, 0.05) is 29.8 Å². The molecule has 0 spiro atoms. The van der Waals surface area contributed by atoms with Crippen LogP contribution in [-0.4, -0.2) is 18.8 Å². The number of nitrogens with zero attached hydrogens (tertiary/aromatic N) is 1. The molecule has 1 atom stereocenters. The summed E-state index contributed by atoms with van der Waals surface area (Å²) in [4.78, 5) is 2.46. The molecule has 0 fully saturated rings. The Morgan fingerprint density at radius 3 is 2.20 bits per heavy atom. The van der Waals surface area contributed by atoms with Crippen LogP contribution in [0.25, 0.3) is 0 Å². The van der Waals surface area contributed by atoms with Gasteiger partial charge in [0.2, 0.25) is 0 Å². The van der Waals surface area contributed by atoms with Crippen molar-refractivity contribution in [3.63, 3.8) is 0 Å². The first-order valence-electron chi connectivity index (χ1n) is 7.86.